The second-order valence-corrected chi connectivity index (χ2v) is 12.8. The zero-order chi connectivity index (χ0) is 30.1. The first-order valence-corrected chi connectivity index (χ1v) is 16.5. The minimum atomic E-state index is -3.86. The Morgan fingerprint density at radius 1 is 0.976 bits per heavy atom. The standard InChI is InChI=1S/C32H38ClN3O5S/c1-3-41-28-19-17-27(18-20-28)36(42(2,39)40)23-31(37)35(22-25-13-7-10-16-29(25)33)30(21-24-11-5-4-6-12-24)32(38)34-26-14-8-9-15-26/h4-7,10-13,16-20,26,30H,3,8-9,14-15,21-23H2,1-2H3,(H,34,38). The summed E-state index contributed by atoms with van der Waals surface area (Å²) in [6.45, 7) is 1.88. The Hall–Kier alpha value is -3.56. The summed E-state index contributed by atoms with van der Waals surface area (Å²) in [6, 6.07) is 22.3. The summed E-state index contributed by atoms with van der Waals surface area (Å²) in [5.41, 5.74) is 1.86. The normalized spacial score (nSPS) is 14.3. The summed E-state index contributed by atoms with van der Waals surface area (Å²) >= 11 is 6.51. The van der Waals surface area contributed by atoms with Gasteiger partial charge in [-0.15, -0.1) is 0 Å². The van der Waals surface area contributed by atoms with Gasteiger partial charge in [0, 0.05) is 24.0 Å². The third-order valence-corrected chi connectivity index (χ3v) is 8.90. The second-order valence-electron chi connectivity index (χ2n) is 10.5. The van der Waals surface area contributed by atoms with E-state index in [0.29, 0.717) is 28.6 Å². The van der Waals surface area contributed by atoms with E-state index in [0.717, 1.165) is 41.8 Å². The molecule has 10 heteroatoms. The average molecular weight is 612 g/mol. The van der Waals surface area contributed by atoms with E-state index in [1.807, 2.05) is 43.3 Å². The van der Waals surface area contributed by atoms with Gasteiger partial charge < -0.3 is 15.0 Å². The predicted molar refractivity (Wildman–Crippen MR) is 166 cm³/mol. The Kier molecular flexibility index (Phi) is 10.9. The van der Waals surface area contributed by atoms with Crippen molar-refractivity contribution in [2.24, 2.45) is 0 Å². The lowest BCUT2D eigenvalue weighted by Crippen LogP contribution is -2.54. The summed E-state index contributed by atoms with van der Waals surface area (Å²) in [5.74, 6) is -0.192. The smallest absolute Gasteiger partial charge is 0.244 e. The van der Waals surface area contributed by atoms with Crippen LogP contribution in [0, 0.1) is 0 Å². The molecule has 1 N–H and O–H groups in total. The van der Waals surface area contributed by atoms with Gasteiger partial charge in [0.2, 0.25) is 21.8 Å². The van der Waals surface area contributed by atoms with Crippen molar-refractivity contribution in [3.8, 4) is 5.75 Å². The van der Waals surface area contributed by atoms with Crippen LogP contribution in [0.3, 0.4) is 0 Å². The van der Waals surface area contributed by atoms with Crippen LogP contribution >= 0.6 is 11.6 Å². The van der Waals surface area contributed by atoms with E-state index in [-0.39, 0.29) is 24.9 Å². The molecule has 224 valence electrons. The van der Waals surface area contributed by atoms with Crippen molar-refractivity contribution >= 4 is 39.1 Å². The van der Waals surface area contributed by atoms with Crippen molar-refractivity contribution in [2.75, 3.05) is 23.7 Å². The lowest BCUT2D eigenvalue weighted by molar-refractivity contribution is -0.140. The van der Waals surface area contributed by atoms with Crippen LogP contribution < -0.4 is 14.4 Å². The van der Waals surface area contributed by atoms with Gasteiger partial charge in [-0.2, -0.15) is 0 Å². The van der Waals surface area contributed by atoms with Gasteiger partial charge in [-0.05, 0) is 61.2 Å². The minimum absolute atomic E-state index is 0.0367. The molecule has 1 aliphatic carbocycles. The quantitative estimate of drug-likeness (QED) is 0.286. The number of carbonyl (C=O) groups is 2. The maximum Gasteiger partial charge on any atom is 0.244 e. The average Bonchev–Trinajstić information content (AvgIpc) is 3.48. The molecule has 4 rings (SSSR count). The molecule has 0 heterocycles. The number of carbonyl (C=O) groups excluding carboxylic acids is 2. The molecule has 0 bridgehead atoms. The lowest BCUT2D eigenvalue weighted by Gasteiger charge is -2.34. The van der Waals surface area contributed by atoms with E-state index < -0.39 is 28.5 Å². The molecule has 0 spiro atoms. The summed E-state index contributed by atoms with van der Waals surface area (Å²) in [5, 5.41) is 3.61. The van der Waals surface area contributed by atoms with Crippen molar-refractivity contribution < 1.29 is 22.7 Å². The molecule has 0 radical (unpaired) electrons. The lowest BCUT2D eigenvalue weighted by atomic mass is 10.0. The Morgan fingerprint density at radius 3 is 2.24 bits per heavy atom. The highest BCUT2D eigenvalue weighted by Gasteiger charge is 2.34. The van der Waals surface area contributed by atoms with Crippen molar-refractivity contribution in [1.29, 1.82) is 0 Å². The highest BCUT2D eigenvalue weighted by molar-refractivity contribution is 7.92. The van der Waals surface area contributed by atoms with E-state index >= 15 is 0 Å². The maximum absolute atomic E-state index is 14.2. The summed E-state index contributed by atoms with van der Waals surface area (Å²) in [4.78, 5) is 29.6. The van der Waals surface area contributed by atoms with Gasteiger partial charge in [-0.1, -0.05) is 73.0 Å². The first kappa shape index (κ1) is 31.4. The van der Waals surface area contributed by atoms with Crippen LogP contribution in [0.4, 0.5) is 5.69 Å². The number of nitrogens with one attached hydrogen (secondary N) is 1. The van der Waals surface area contributed by atoms with Crippen LogP contribution in [-0.4, -0.2) is 56.6 Å². The van der Waals surface area contributed by atoms with Crippen molar-refractivity contribution in [3.63, 3.8) is 0 Å². The molecule has 1 saturated carbocycles. The minimum Gasteiger partial charge on any atom is -0.494 e. The van der Waals surface area contributed by atoms with E-state index in [2.05, 4.69) is 5.32 Å². The topological polar surface area (TPSA) is 96.0 Å². The van der Waals surface area contributed by atoms with Crippen LogP contribution in [0.1, 0.15) is 43.7 Å². The maximum atomic E-state index is 14.2. The largest absolute Gasteiger partial charge is 0.494 e. The molecule has 8 nitrogen and oxygen atoms in total. The second kappa shape index (κ2) is 14.6. The molecule has 3 aromatic carbocycles. The monoisotopic (exact) mass is 611 g/mol. The van der Waals surface area contributed by atoms with Gasteiger partial charge in [0.25, 0.3) is 0 Å². The van der Waals surface area contributed by atoms with Crippen LogP contribution in [-0.2, 0) is 32.6 Å². The number of hydrogen-bond donors (Lipinski definition) is 1. The summed E-state index contributed by atoms with van der Waals surface area (Å²) in [7, 11) is -3.86. The fourth-order valence-electron chi connectivity index (χ4n) is 5.22. The Bertz CT molecular complexity index is 1440. The van der Waals surface area contributed by atoms with Crippen LogP contribution in [0.15, 0.2) is 78.9 Å². The van der Waals surface area contributed by atoms with Crippen molar-refractivity contribution in [1.82, 2.24) is 10.2 Å². The van der Waals surface area contributed by atoms with Crippen LogP contribution in [0.5, 0.6) is 5.75 Å². The molecule has 3 aromatic rings. The summed E-state index contributed by atoms with van der Waals surface area (Å²) < 4.78 is 32.5. The molecule has 1 unspecified atom stereocenters. The highest BCUT2D eigenvalue weighted by atomic mass is 35.5. The molecular weight excluding hydrogens is 574 g/mol. The Labute approximate surface area is 253 Å². The molecule has 0 saturated heterocycles. The summed E-state index contributed by atoms with van der Waals surface area (Å²) in [6.07, 6.45) is 5.19. The van der Waals surface area contributed by atoms with Crippen LogP contribution in [0.2, 0.25) is 5.02 Å². The number of nitrogens with zero attached hydrogens (tertiary/aromatic N) is 2. The molecule has 1 fully saturated rings. The third kappa shape index (κ3) is 8.49. The SMILES string of the molecule is CCOc1ccc(N(CC(=O)N(Cc2ccccc2Cl)C(Cc2ccccc2)C(=O)NC2CCCC2)S(C)(=O)=O)cc1. The number of rotatable bonds is 13. The van der Waals surface area contributed by atoms with Gasteiger partial charge in [0.15, 0.2) is 0 Å². The van der Waals surface area contributed by atoms with E-state index in [1.165, 1.54) is 4.90 Å². The van der Waals surface area contributed by atoms with Crippen molar-refractivity contribution in [2.45, 2.75) is 57.7 Å². The predicted octanol–water partition coefficient (Wildman–Crippen LogP) is 5.20. The van der Waals surface area contributed by atoms with Crippen LogP contribution in [0.25, 0.3) is 0 Å². The number of sulfonamides is 1. The van der Waals surface area contributed by atoms with E-state index in [9.17, 15) is 18.0 Å². The van der Waals surface area contributed by atoms with E-state index in [1.54, 1.807) is 42.5 Å². The Balaban J connectivity index is 1.71. The van der Waals surface area contributed by atoms with Gasteiger partial charge in [0.05, 0.1) is 18.6 Å². The van der Waals surface area contributed by atoms with E-state index in [4.69, 9.17) is 16.3 Å². The molecule has 2 amide bonds. The van der Waals surface area contributed by atoms with Gasteiger partial charge in [0.1, 0.15) is 18.3 Å². The molecule has 1 atom stereocenters. The number of benzene rings is 3. The Morgan fingerprint density at radius 2 is 1.62 bits per heavy atom. The fourth-order valence-corrected chi connectivity index (χ4v) is 6.27. The zero-order valence-corrected chi connectivity index (χ0v) is 25.6. The number of amides is 2. The fraction of sp³-hybridized carbons (Fsp3) is 0.375. The number of anilines is 1. The molecule has 0 aliphatic heterocycles. The molecule has 0 aromatic heterocycles. The number of hydrogen-bond acceptors (Lipinski definition) is 5. The van der Waals surface area contributed by atoms with Crippen molar-refractivity contribution in [3.05, 3.63) is 95.0 Å². The van der Waals surface area contributed by atoms with Gasteiger partial charge in [-0.3, -0.25) is 13.9 Å². The molecule has 1 aliphatic rings. The number of ether oxygens (including phenoxy) is 1. The first-order valence-electron chi connectivity index (χ1n) is 14.2. The third-order valence-electron chi connectivity index (χ3n) is 7.39. The highest BCUT2D eigenvalue weighted by Crippen LogP contribution is 2.25. The van der Waals surface area contributed by atoms with Gasteiger partial charge in [-0.25, -0.2) is 8.42 Å². The number of halogens is 1. The molecular formula is C32H38ClN3O5S. The zero-order valence-electron chi connectivity index (χ0n) is 24.0. The first-order chi connectivity index (χ1) is 20.2. The van der Waals surface area contributed by atoms with Gasteiger partial charge >= 0.3 is 0 Å². The molecule has 42 heavy (non-hydrogen) atoms.